The predicted octanol–water partition coefficient (Wildman–Crippen LogP) is 2.41. The fourth-order valence-electron chi connectivity index (χ4n) is 1.21. The van der Waals surface area contributed by atoms with Gasteiger partial charge in [0.05, 0.1) is 5.75 Å². The van der Waals surface area contributed by atoms with Crippen molar-refractivity contribution in [3.05, 3.63) is 0 Å². The highest BCUT2D eigenvalue weighted by atomic mass is 32.3. The normalized spacial score (nSPS) is 14.0. The highest BCUT2D eigenvalue weighted by Crippen LogP contribution is 2.40. The molecule has 0 rings (SSSR count). The van der Waals surface area contributed by atoms with E-state index in [4.69, 9.17) is 0 Å². The topological polar surface area (TPSA) is 64.0 Å². The molecule has 0 aliphatic rings. The lowest BCUT2D eigenvalue weighted by Crippen LogP contribution is -2.25. The van der Waals surface area contributed by atoms with Crippen LogP contribution in [0.1, 0.15) is 33.6 Å². The third-order valence-corrected chi connectivity index (χ3v) is 6.53. The zero-order valence-corrected chi connectivity index (χ0v) is 13.0. The maximum Gasteiger partial charge on any atom is 0.390 e. The summed E-state index contributed by atoms with van der Waals surface area (Å²) in [4.78, 5) is 11.6. The quantitative estimate of drug-likeness (QED) is 0.508. The smallest absolute Gasteiger partial charge is 0.298 e. The summed E-state index contributed by atoms with van der Waals surface area (Å²) in [5.74, 6) is 0.376. The molecule has 0 aromatic heterocycles. The highest BCUT2D eigenvalue weighted by Gasteiger charge is 2.30. The van der Waals surface area contributed by atoms with Crippen molar-refractivity contribution in [2.24, 2.45) is 5.92 Å². The van der Waals surface area contributed by atoms with Crippen molar-refractivity contribution in [2.45, 2.75) is 33.6 Å². The van der Waals surface area contributed by atoms with E-state index in [1.165, 1.54) is 0 Å². The van der Waals surface area contributed by atoms with E-state index < -0.39 is 20.4 Å². The average Bonchev–Trinajstić information content (AvgIpc) is 2.12. The largest absolute Gasteiger partial charge is 0.390 e. The molecule has 0 amide bonds. The van der Waals surface area contributed by atoms with Crippen LogP contribution in [0.5, 0.6) is 0 Å². The van der Waals surface area contributed by atoms with Crippen LogP contribution in [-0.4, -0.2) is 41.8 Å². The first-order valence-corrected chi connectivity index (χ1v) is 9.99. The van der Waals surface area contributed by atoms with E-state index in [2.05, 4.69) is 3.63 Å². The minimum absolute atomic E-state index is 0.0599. The SMILES string of the molecule is CCCCS(=O)(=O)[OH+]S(C)(C)CC(=O)C(C)C. The number of ketones is 1. The second-order valence-corrected chi connectivity index (χ2v) is 10.4. The standard InChI is InChI=1S/C11H24O4S2/c1-6-7-8-17(13,14)15-16(4,5)9-11(12)10(2)3/h10H,6-9H2,1-5H3/p+1. The maximum absolute atomic E-state index is 11.7. The van der Waals surface area contributed by atoms with Crippen molar-refractivity contribution in [2.75, 3.05) is 24.0 Å². The summed E-state index contributed by atoms with van der Waals surface area (Å²) in [7, 11) is -5.09. The molecule has 0 aromatic rings. The molecule has 17 heavy (non-hydrogen) atoms. The molecule has 6 heteroatoms. The molecule has 0 saturated heterocycles. The van der Waals surface area contributed by atoms with Gasteiger partial charge in [0.15, 0.2) is 0 Å². The van der Waals surface area contributed by atoms with Crippen LogP contribution in [0.2, 0.25) is 0 Å². The molecule has 0 saturated carbocycles. The van der Waals surface area contributed by atoms with E-state index >= 15 is 0 Å². The summed E-state index contributed by atoms with van der Waals surface area (Å²) < 4.78 is 27.3. The van der Waals surface area contributed by atoms with Crippen LogP contribution >= 0.6 is 10.3 Å². The van der Waals surface area contributed by atoms with Gasteiger partial charge in [0.1, 0.15) is 11.5 Å². The highest BCUT2D eigenvalue weighted by molar-refractivity contribution is 8.31. The number of Topliss-reactive ketones (excluding diaryl/α,β-unsaturated/α-hetero) is 1. The Morgan fingerprint density at radius 3 is 2.18 bits per heavy atom. The average molecular weight is 285 g/mol. The summed E-state index contributed by atoms with van der Waals surface area (Å²) in [6, 6.07) is 0. The van der Waals surface area contributed by atoms with Gasteiger partial charge in [0, 0.05) is 18.4 Å². The number of unbranched alkanes of at least 4 members (excludes halogenated alkanes) is 1. The summed E-state index contributed by atoms with van der Waals surface area (Å²) in [6.07, 6.45) is 5.00. The second-order valence-electron chi connectivity index (χ2n) is 4.96. The minimum atomic E-state index is -3.36. The van der Waals surface area contributed by atoms with E-state index in [1.807, 2.05) is 20.8 Å². The number of hydrogen-bond donors (Lipinski definition) is 0. The maximum atomic E-state index is 11.7. The van der Waals surface area contributed by atoms with Gasteiger partial charge in [-0.25, -0.2) is 0 Å². The van der Waals surface area contributed by atoms with Crippen LogP contribution in [-0.2, 0) is 14.9 Å². The van der Waals surface area contributed by atoms with Crippen LogP contribution < -0.4 is 0 Å². The third kappa shape index (κ3) is 7.78. The van der Waals surface area contributed by atoms with Gasteiger partial charge in [0.2, 0.25) is 0 Å². The van der Waals surface area contributed by atoms with Crippen LogP contribution in [0.4, 0.5) is 0 Å². The predicted molar refractivity (Wildman–Crippen MR) is 75.5 cm³/mol. The molecular formula is C11H25O4S2+. The van der Waals surface area contributed by atoms with E-state index in [0.29, 0.717) is 6.42 Å². The van der Waals surface area contributed by atoms with Crippen LogP contribution in [0, 0.1) is 5.92 Å². The van der Waals surface area contributed by atoms with Gasteiger partial charge in [-0.05, 0) is 16.7 Å². The van der Waals surface area contributed by atoms with Crippen molar-refractivity contribution < 1.29 is 16.8 Å². The molecule has 0 bridgehead atoms. The van der Waals surface area contributed by atoms with E-state index in [-0.39, 0.29) is 23.2 Å². The molecule has 0 atom stereocenters. The Morgan fingerprint density at radius 1 is 1.24 bits per heavy atom. The monoisotopic (exact) mass is 285 g/mol. The van der Waals surface area contributed by atoms with Crippen molar-refractivity contribution >= 4 is 26.2 Å². The Hall–Kier alpha value is -0.0700. The first kappa shape index (κ1) is 16.9. The van der Waals surface area contributed by atoms with Crippen LogP contribution in [0.3, 0.4) is 0 Å². The first-order chi connectivity index (χ1) is 7.59. The van der Waals surface area contributed by atoms with Crippen molar-refractivity contribution in [1.82, 2.24) is 0 Å². The number of rotatable bonds is 8. The summed E-state index contributed by atoms with van der Waals surface area (Å²) in [6.45, 7) is 5.59. The van der Waals surface area contributed by atoms with Crippen LogP contribution in [0.25, 0.3) is 0 Å². The lowest BCUT2D eigenvalue weighted by atomic mass is 10.1. The lowest BCUT2D eigenvalue weighted by molar-refractivity contribution is -0.119. The van der Waals surface area contributed by atoms with Gasteiger partial charge in [-0.1, -0.05) is 27.2 Å². The minimum Gasteiger partial charge on any atom is -0.298 e. The molecule has 0 heterocycles. The molecule has 0 fully saturated rings. The molecule has 0 aliphatic heterocycles. The van der Waals surface area contributed by atoms with Gasteiger partial charge in [-0.15, -0.1) is 0 Å². The fourth-order valence-corrected chi connectivity index (χ4v) is 5.86. The van der Waals surface area contributed by atoms with E-state index in [9.17, 15) is 13.2 Å². The van der Waals surface area contributed by atoms with Gasteiger partial charge >= 0.3 is 10.1 Å². The van der Waals surface area contributed by atoms with E-state index in [0.717, 1.165) is 6.42 Å². The van der Waals surface area contributed by atoms with Crippen molar-refractivity contribution in [3.8, 4) is 0 Å². The second kappa shape index (κ2) is 6.75. The number of carbonyl (C=O) groups is 1. The zero-order chi connectivity index (χ0) is 13.7. The Kier molecular flexibility index (Phi) is 6.73. The molecule has 104 valence electrons. The molecule has 0 unspecified atom stereocenters. The van der Waals surface area contributed by atoms with Crippen molar-refractivity contribution in [1.29, 1.82) is 0 Å². The Morgan fingerprint density at radius 2 is 1.76 bits per heavy atom. The zero-order valence-electron chi connectivity index (χ0n) is 11.4. The summed E-state index contributed by atoms with van der Waals surface area (Å²) in [5.41, 5.74) is 0. The molecule has 0 aliphatic carbocycles. The van der Waals surface area contributed by atoms with Gasteiger partial charge in [-0.2, -0.15) is 8.42 Å². The molecule has 0 aromatic carbocycles. The molecule has 0 radical (unpaired) electrons. The van der Waals surface area contributed by atoms with Crippen LogP contribution in [0.15, 0.2) is 0 Å². The summed E-state index contributed by atoms with van der Waals surface area (Å²) >= 11 is 0. The molecule has 1 N–H and O–H groups in total. The number of carbonyl (C=O) groups excluding carboxylic acids is 1. The fraction of sp³-hybridized carbons (Fsp3) is 0.909. The number of hydrogen-bond acceptors (Lipinski definition) is 3. The van der Waals surface area contributed by atoms with E-state index in [1.54, 1.807) is 12.5 Å². The molecule has 0 spiro atoms. The van der Waals surface area contributed by atoms with Crippen molar-refractivity contribution in [3.63, 3.8) is 0 Å². The Balaban J connectivity index is 4.48. The van der Waals surface area contributed by atoms with Gasteiger partial charge in [-0.3, -0.25) is 8.42 Å². The van der Waals surface area contributed by atoms with Gasteiger partial charge < -0.3 is 0 Å². The van der Waals surface area contributed by atoms with Gasteiger partial charge in [0.25, 0.3) is 0 Å². The molecule has 4 nitrogen and oxygen atoms in total. The third-order valence-electron chi connectivity index (χ3n) is 2.21. The molecular weight excluding hydrogens is 260 g/mol. The lowest BCUT2D eigenvalue weighted by Gasteiger charge is -2.25. The first-order valence-electron chi connectivity index (χ1n) is 5.80. The Bertz CT molecular complexity index is 344. The Labute approximate surface area is 107 Å². The summed E-state index contributed by atoms with van der Waals surface area (Å²) in [5, 5.41) is 0.